The van der Waals surface area contributed by atoms with E-state index in [0.717, 1.165) is 43.1 Å². The van der Waals surface area contributed by atoms with E-state index in [2.05, 4.69) is 29.9 Å². The van der Waals surface area contributed by atoms with Gasteiger partial charge in [0.05, 0.1) is 29.1 Å². The first-order valence-electron chi connectivity index (χ1n) is 12.0. The molecule has 210 valence electrons. The number of carbonyl (C=O) groups excluding carboxylic acids is 2. The Kier molecular flexibility index (Phi) is 9.03. The smallest absolute Gasteiger partial charge is 0.462 e. The van der Waals surface area contributed by atoms with Crippen molar-refractivity contribution in [2.45, 2.75) is 13.8 Å². The standard InChI is InChI=1S/C26H20N6O4S4.Pd/c1-3-35-21(33)19-17(29-25(39-19)31-23-27-13-9-5-7-11-15(13)37-23)18-20(22(34)36-4-2)40-26(30-18)32-24-28-14-10-6-8-12-16(14)38-24;/h5-12H,3-4H2,1-2H3,(H2,27,28,29,30,31,32,33,34);/q;+2/p-2. The Morgan fingerprint density at radius 3 is 2.10 bits per heavy atom. The van der Waals surface area contributed by atoms with Crippen molar-refractivity contribution in [2.24, 2.45) is 9.98 Å². The maximum Gasteiger partial charge on any atom is 2.00 e. The molecule has 41 heavy (non-hydrogen) atoms. The van der Waals surface area contributed by atoms with Gasteiger partial charge in [0.1, 0.15) is 20.0 Å². The number of benzene rings is 2. The predicted molar refractivity (Wildman–Crippen MR) is 156 cm³/mol. The SMILES string of the molecule is CCOC(=O)c1sc(/N=c2\[n-]c3ccccc3s2)nc1-c1[n-]/c(=N\c2nc3ccccc3s2)sc1C(=O)OCC.[Pd+2]. The van der Waals surface area contributed by atoms with Gasteiger partial charge in [-0.25, -0.2) is 19.6 Å². The number of nitrogens with zero attached hydrogens (tertiary/aromatic N) is 6. The summed E-state index contributed by atoms with van der Waals surface area (Å²) in [6, 6.07) is 15.4. The topological polar surface area (TPSA) is 131 Å². The van der Waals surface area contributed by atoms with Crippen molar-refractivity contribution >= 4 is 88.0 Å². The molecule has 0 aliphatic heterocycles. The van der Waals surface area contributed by atoms with E-state index in [9.17, 15) is 9.59 Å². The van der Waals surface area contributed by atoms with Crippen LogP contribution in [-0.4, -0.2) is 35.1 Å². The molecule has 10 nitrogen and oxygen atoms in total. The summed E-state index contributed by atoms with van der Waals surface area (Å²) in [6.07, 6.45) is 0. The zero-order valence-corrected chi connectivity index (χ0v) is 26.1. The molecule has 0 unspecified atom stereocenters. The van der Waals surface area contributed by atoms with Gasteiger partial charge in [0.15, 0.2) is 0 Å². The van der Waals surface area contributed by atoms with Crippen LogP contribution in [0.2, 0.25) is 0 Å². The molecule has 0 fully saturated rings. The van der Waals surface area contributed by atoms with Gasteiger partial charge >= 0.3 is 32.4 Å². The van der Waals surface area contributed by atoms with E-state index in [1.807, 2.05) is 48.5 Å². The second-order valence-corrected chi connectivity index (χ2v) is 11.9. The number of thiazole rings is 4. The largest absolute Gasteiger partial charge is 2.00 e. The van der Waals surface area contributed by atoms with Crippen LogP contribution in [0.15, 0.2) is 58.5 Å². The molecule has 6 rings (SSSR count). The summed E-state index contributed by atoms with van der Waals surface area (Å²) < 4.78 is 12.5. The number of fused-ring (bicyclic) bond motifs is 2. The van der Waals surface area contributed by atoms with Gasteiger partial charge < -0.3 is 29.4 Å². The number of rotatable bonds is 7. The molecule has 0 aliphatic rings. The number of ether oxygens (including phenoxy) is 2. The molecular weight excluding hydrogens is 695 g/mol. The van der Waals surface area contributed by atoms with Crippen LogP contribution in [0.3, 0.4) is 0 Å². The van der Waals surface area contributed by atoms with E-state index in [-0.39, 0.29) is 64.7 Å². The molecule has 0 radical (unpaired) electrons. The molecule has 15 heteroatoms. The number of carbonyl (C=O) groups is 2. The minimum absolute atomic E-state index is 0. The summed E-state index contributed by atoms with van der Waals surface area (Å²) in [6.45, 7) is 3.76. The molecule has 0 saturated heterocycles. The van der Waals surface area contributed by atoms with Crippen molar-refractivity contribution in [3.8, 4) is 11.4 Å². The van der Waals surface area contributed by atoms with Crippen molar-refractivity contribution in [3.05, 3.63) is 67.9 Å². The first-order valence-corrected chi connectivity index (χ1v) is 15.3. The quantitative estimate of drug-likeness (QED) is 0.158. The summed E-state index contributed by atoms with van der Waals surface area (Å²) in [5.41, 5.74) is 1.99. The van der Waals surface area contributed by atoms with Gasteiger partial charge in [0.2, 0.25) is 0 Å². The van der Waals surface area contributed by atoms with Crippen LogP contribution in [0, 0.1) is 0 Å². The van der Waals surface area contributed by atoms with Crippen LogP contribution in [0.5, 0.6) is 0 Å². The summed E-state index contributed by atoms with van der Waals surface area (Å²) in [7, 11) is 0. The maximum absolute atomic E-state index is 13.0. The fourth-order valence-electron chi connectivity index (χ4n) is 3.68. The third-order valence-corrected chi connectivity index (χ3v) is 9.04. The Labute approximate surface area is 262 Å². The van der Waals surface area contributed by atoms with Gasteiger partial charge in [-0.3, -0.25) is 0 Å². The molecular formula is C26H18N6O4PdS4. The van der Waals surface area contributed by atoms with Crippen LogP contribution >= 0.6 is 45.3 Å². The van der Waals surface area contributed by atoms with E-state index in [1.54, 1.807) is 13.8 Å². The monoisotopic (exact) mass is 712 g/mol. The number of para-hydroxylation sites is 2. The second-order valence-electron chi connectivity index (χ2n) is 7.94. The molecule has 0 spiro atoms. The predicted octanol–water partition coefficient (Wildman–Crippen LogP) is 5.43. The molecule has 2 aromatic carbocycles. The molecule has 0 amide bonds. The molecule has 4 heterocycles. The van der Waals surface area contributed by atoms with Crippen molar-refractivity contribution < 1.29 is 39.5 Å². The summed E-state index contributed by atoms with van der Waals surface area (Å²) >= 11 is 4.90. The first-order chi connectivity index (χ1) is 19.5. The van der Waals surface area contributed by atoms with E-state index in [0.29, 0.717) is 9.93 Å². The van der Waals surface area contributed by atoms with Crippen LogP contribution < -0.4 is 19.6 Å². The molecule has 0 aliphatic carbocycles. The second kappa shape index (κ2) is 12.7. The number of hydrogen-bond donors (Lipinski definition) is 0. The molecule has 6 aromatic rings. The minimum atomic E-state index is -0.590. The van der Waals surface area contributed by atoms with Crippen LogP contribution in [-0.2, 0) is 29.9 Å². The van der Waals surface area contributed by atoms with Crippen LogP contribution in [0.4, 0.5) is 10.3 Å². The van der Waals surface area contributed by atoms with Gasteiger partial charge in [-0.05, 0) is 37.6 Å². The third-order valence-electron chi connectivity index (χ3n) is 5.33. The molecule has 0 saturated carbocycles. The number of aromatic nitrogens is 4. The Balaban J connectivity index is 0.00000337. The average molecular weight is 713 g/mol. The van der Waals surface area contributed by atoms with Gasteiger partial charge in [-0.2, -0.15) is 0 Å². The average Bonchev–Trinajstić information content (AvgIpc) is 3.73. The van der Waals surface area contributed by atoms with Crippen LogP contribution in [0.1, 0.15) is 33.2 Å². The number of hydrogen-bond acceptors (Lipinski definition) is 12. The van der Waals surface area contributed by atoms with Gasteiger partial charge in [0, 0.05) is 20.0 Å². The summed E-state index contributed by atoms with van der Waals surface area (Å²) in [5.74, 6) is -1.18. The van der Waals surface area contributed by atoms with Crippen molar-refractivity contribution in [1.82, 2.24) is 19.9 Å². The Morgan fingerprint density at radius 2 is 1.39 bits per heavy atom. The minimum Gasteiger partial charge on any atom is -0.462 e. The Hall–Kier alpha value is -3.32. The molecule has 0 atom stereocenters. The first kappa shape index (κ1) is 29.2. The molecule has 0 bridgehead atoms. The van der Waals surface area contributed by atoms with E-state index in [4.69, 9.17) is 9.47 Å². The van der Waals surface area contributed by atoms with E-state index in [1.165, 1.54) is 22.7 Å². The Bertz CT molecular complexity index is 1950. The number of esters is 2. The molecule has 4 aromatic heterocycles. The zero-order valence-electron chi connectivity index (χ0n) is 21.3. The van der Waals surface area contributed by atoms with Crippen molar-refractivity contribution in [2.75, 3.05) is 13.2 Å². The maximum atomic E-state index is 13.0. The summed E-state index contributed by atoms with van der Waals surface area (Å²) in [5, 5.41) is 0.775. The fraction of sp³-hybridized carbons (Fsp3) is 0.154. The zero-order chi connectivity index (χ0) is 27.6. The Morgan fingerprint density at radius 1 is 0.756 bits per heavy atom. The van der Waals surface area contributed by atoms with Crippen molar-refractivity contribution in [1.29, 1.82) is 0 Å². The summed E-state index contributed by atoms with van der Waals surface area (Å²) in [4.78, 5) is 54.5. The molecule has 0 N–H and O–H groups in total. The van der Waals surface area contributed by atoms with Crippen LogP contribution in [0.25, 0.3) is 31.8 Å². The van der Waals surface area contributed by atoms with Gasteiger partial charge in [0.25, 0.3) is 0 Å². The van der Waals surface area contributed by atoms with E-state index < -0.39 is 11.9 Å². The normalized spacial score (nSPS) is 12.1. The fourth-order valence-corrected chi connectivity index (χ4v) is 7.14. The van der Waals surface area contributed by atoms with Crippen molar-refractivity contribution in [3.63, 3.8) is 0 Å². The van der Waals surface area contributed by atoms with Gasteiger partial charge in [-0.1, -0.05) is 30.3 Å². The third kappa shape index (κ3) is 6.15. The van der Waals surface area contributed by atoms with E-state index >= 15 is 0 Å². The van der Waals surface area contributed by atoms with Gasteiger partial charge in [-0.15, -0.1) is 45.3 Å².